The summed E-state index contributed by atoms with van der Waals surface area (Å²) in [5.74, 6) is 0.587. The van der Waals surface area contributed by atoms with Gasteiger partial charge >= 0.3 is 6.09 Å². The molecule has 1 aliphatic rings. The van der Waals surface area contributed by atoms with E-state index in [9.17, 15) is 4.79 Å². The fourth-order valence-corrected chi connectivity index (χ4v) is 1.96. The van der Waals surface area contributed by atoms with Gasteiger partial charge in [-0.15, -0.1) is 0 Å². The zero-order valence-electron chi connectivity index (χ0n) is 8.25. The lowest BCUT2D eigenvalue weighted by Crippen LogP contribution is -2.41. The van der Waals surface area contributed by atoms with Crippen molar-refractivity contribution >= 4 is 6.09 Å². The van der Waals surface area contributed by atoms with Crippen LogP contribution in [0.3, 0.4) is 0 Å². The fourth-order valence-electron chi connectivity index (χ4n) is 1.96. The molecule has 4 N–H and O–H groups in total. The Labute approximate surface area is 78.6 Å². The first-order valence-electron chi connectivity index (χ1n) is 4.63. The Bertz CT molecular complexity index is 198. The summed E-state index contributed by atoms with van der Waals surface area (Å²) in [6, 6.07) is 0.342. The van der Waals surface area contributed by atoms with E-state index >= 15 is 0 Å². The number of nitrogens with two attached hydrogens (primary N) is 2. The summed E-state index contributed by atoms with van der Waals surface area (Å²) in [5.41, 5.74) is 10.2. The minimum absolute atomic E-state index is 0.342. The topological polar surface area (TPSA) is 78.3 Å². The first-order valence-corrected chi connectivity index (χ1v) is 4.63. The predicted octanol–water partition coefficient (Wildman–Crippen LogP) is 0.988. The Hall–Kier alpha value is -0.770. The largest absolute Gasteiger partial charge is 0.444 e. The van der Waals surface area contributed by atoms with Crippen molar-refractivity contribution in [2.24, 2.45) is 17.4 Å². The highest BCUT2D eigenvalue weighted by molar-refractivity contribution is 5.65. The molecule has 76 valence electrons. The molecule has 1 rings (SSSR count). The summed E-state index contributed by atoms with van der Waals surface area (Å²) in [5, 5.41) is 0. The van der Waals surface area contributed by atoms with Crippen molar-refractivity contribution in [1.29, 1.82) is 0 Å². The first kappa shape index (κ1) is 10.3. The Balaban J connectivity index is 2.29. The van der Waals surface area contributed by atoms with Crippen molar-refractivity contribution in [3.05, 3.63) is 0 Å². The van der Waals surface area contributed by atoms with E-state index in [0.29, 0.717) is 12.0 Å². The van der Waals surface area contributed by atoms with Gasteiger partial charge in [-0.3, -0.25) is 0 Å². The standard InChI is InChI=1S/C9H18N2O2/c1-9(2,13-8(11)12)5-6-3-7(10)4-6/h6-7H,3-5,10H2,1-2H3,(H2,11,12)/t6-,7+. The molecule has 0 spiro atoms. The molecular formula is C9H18N2O2. The van der Waals surface area contributed by atoms with Gasteiger partial charge in [-0.25, -0.2) is 4.79 Å². The van der Waals surface area contributed by atoms with Gasteiger partial charge in [0.1, 0.15) is 5.60 Å². The monoisotopic (exact) mass is 186 g/mol. The maximum atomic E-state index is 10.5. The van der Waals surface area contributed by atoms with Crippen LogP contribution in [-0.4, -0.2) is 17.7 Å². The number of rotatable bonds is 3. The van der Waals surface area contributed by atoms with Crippen LogP contribution in [0.1, 0.15) is 33.1 Å². The van der Waals surface area contributed by atoms with E-state index in [-0.39, 0.29) is 0 Å². The molecule has 0 bridgehead atoms. The van der Waals surface area contributed by atoms with Crippen LogP contribution in [0, 0.1) is 5.92 Å². The lowest BCUT2D eigenvalue weighted by molar-refractivity contribution is 0.0133. The maximum absolute atomic E-state index is 10.5. The SMILES string of the molecule is CC(C)(C[C@H]1C[C@@H](N)C1)OC(N)=O. The molecule has 13 heavy (non-hydrogen) atoms. The number of hydrogen-bond donors (Lipinski definition) is 2. The normalized spacial score (nSPS) is 27.9. The summed E-state index contributed by atoms with van der Waals surface area (Å²) in [4.78, 5) is 10.5. The van der Waals surface area contributed by atoms with Crippen LogP contribution in [-0.2, 0) is 4.74 Å². The van der Waals surface area contributed by atoms with E-state index in [0.717, 1.165) is 19.3 Å². The fraction of sp³-hybridized carbons (Fsp3) is 0.889. The van der Waals surface area contributed by atoms with Gasteiger partial charge in [0.2, 0.25) is 0 Å². The number of primary amides is 1. The van der Waals surface area contributed by atoms with Crippen LogP contribution in [0.4, 0.5) is 4.79 Å². The first-order chi connectivity index (χ1) is 5.89. The van der Waals surface area contributed by atoms with Crippen LogP contribution in [0.25, 0.3) is 0 Å². The van der Waals surface area contributed by atoms with Crippen molar-refractivity contribution in [2.45, 2.75) is 44.8 Å². The minimum Gasteiger partial charge on any atom is -0.444 e. The van der Waals surface area contributed by atoms with Crippen molar-refractivity contribution in [2.75, 3.05) is 0 Å². The van der Waals surface area contributed by atoms with Crippen molar-refractivity contribution in [3.63, 3.8) is 0 Å². The lowest BCUT2D eigenvalue weighted by Gasteiger charge is -2.37. The summed E-state index contributed by atoms with van der Waals surface area (Å²) in [6.07, 6.45) is 2.22. The zero-order valence-corrected chi connectivity index (χ0v) is 8.25. The Kier molecular flexibility index (Phi) is 2.81. The van der Waals surface area contributed by atoms with Gasteiger partial charge in [0, 0.05) is 6.04 Å². The number of amides is 1. The predicted molar refractivity (Wildman–Crippen MR) is 50.1 cm³/mol. The zero-order chi connectivity index (χ0) is 10.1. The average Bonchev–Trinajstić information content (AvgIpc) is 1.79. The lowest BCUT2D eigenvalue weighted by atomic mass is 9.75. The van der Waals surface area contributed by atoms with E-state index in [2.05, 4.69) is 0 Å². The molecule has 0 atom stereocenters. The smallest absolute Gasteiger partial charge is 0.405 e. The molecule has 1 amide bonds. The molecule has 0 heterocycles. The molecular weight excluding hydrogens is 168 g/mol. The van der Waals surface area contributed by atoms with Crippen LogP contribution in [0.2, 0.25) is 0 Å². The highest BCUT2D eigenvalue weighted by Crippen LogP contribution is 2.34. The maximum Gasteiger partial charge on any atom is 0.405 e. The van der Waals surface area contributed by atoms with Crippen molar-refractivity contribution in [3.8, 4) is 0 Å². The minimum atomic E-state index is -0.700. The van der Waals surface area contributed by atoms with E-state index in [4.69, 9.17) is 16.2 Å². The number of ether oxygens (including phenoxy) is 1. The molecule has 1 aliphatic carbocycles. The van der Waals surface area contributed by atoms with Gasteiger partial charge < -0.3 is 16.2 Å². The van der Waals surface area contributed by atoms with E-state index < -0.39 is 11.7 Å². The number of hydrogen-bond acceptors (Lipinski definition) is 3. The molecule has 0 aromatic heterocycles. The van der Waals surface area contributed by atoms with Gasteiger partial charge in [-0.1, -0.05) is 0 Å². The molecule has 0 aliphatic heterocycles. The molecule has 0 saturated heterocycles. The molecule has 0 unspecified atom stereocenters. The molecule has 0 aromatic carbocycles. The third kappa shape index (κ3) is 3.22. The second-order valence-electron chi connectivity index (χ2n) is 4.48. The summed E-state index contributed by atoms with van der Waals surface area (Å²) >= 11 is 0. The highest BCUT2D eigenvalue weighted by Gasteiger charge is 2.33. The molecule has 4 heteroatoms. The van der Waals surface area contributed by atoms with Gasteiger partial charge in [-0.2, -0.15) is 0 Å². The molecule has 0 aromatic rings. The Morgan fingerprint density at radius 3 is 2.46 bits per heavy atom. The summed E-state index contributed by atoms with van der Waals surface area (Å²) in [6.45, 7) is 3.75. The second-order valence-corrected chi connectivity index (χ2v) is 4.48. The average molecular weight is 186 g/mol. The number of carbonyl (C=O) groups excluding carboxylic acids is 1. The van der Waals surface area contributed by atoms with E-state index in [1.807, 2.05) is 13.8 Å². The van der Waals surface area contributed by atoms with Crippen molar-refractivity contribution < 1.29 is 9.53 Å². The Morgan fingerprint density at radius 2 is 2.08 bits per heavy atom. The van der Waals surface area contributed by atoms with Gasteiger partial charge in [0.15, 0.2) is 0 Å². The molecule has 4 nitrogen and oxygen atoms in total. The molecule has 0 radical (unpaired) electrons. The second kappa shape index (κ2) is 3.54. The van der Waals surface area contributed by atoms with Crippen LogP contribution in [0.5, 0.6) is 0 Å². The number of carbonyl (C=O) groups is 1. The van der Waals surface area contributed by atoms with Crippen LogP contribution >= 0.6 is 0 Å². The van der Waals surface area contributed by atoms with Gasteiger partial charge in [0.25, 0.3) is 0 Å². The van der Waals surface area contributed by atoms with Gasteiger partial charge in [0.05, 0.1) is 0 Å². The van der Waals surface area contributed by atoms with Crippen LogP contribution in [0.15, 0.2) is 0 Å². The third-order valence-electron chi connectivity index (χ3n) is 2.43. The summed E-state index contributed by atoms with van der Waals surface area (Å²) in [7, 11) is 0. The quantitative estimate of drug-likeness (QED) is 0.689. The molecule has 1 saturated carbocycles. The third-order valence-corrected chi connectivity index (χ3v) is 2.43. The van der Waals surface area contributed by atoms with Crippen LogP contribution < -0.4 is 11.5 Å². The molecule has 1 fully saturated rings. The Morgan fingerprint density at radius 1 is 1.54 bits per heavy atom. The van der Waals surface area contributed by atoms with Gasteiger partial charge in [-0.05, 0) is 39.0 Å². The highest BCUT2D eigenvalue weighted by atomic mass is 16.6. The summed E-state index contributed by atoms with van der Waals surface area (Å²) < 4.78 is 4.98. The van der Waals surface area contributed by atoms with E-state index in [1.165, 1.54) is 0 Å². The van der Waals surface area contributed by atoms with E-state index in [1.54, 1.807) is 0 Å². The van der Waals surface area contributed by atoms with Crippen molar-refractivity contribution in [1.82, 2.24) is 0 Å².